The monoisotopic (exact) mass is 290 g/mol. The van der Waals surface area contributed by atoms with Gasteiger partial charge in [0.25, 0.3) is 5.91 Å². The van der Waals surface area contributed by atoms with Gasteiger partial charge in [0.2, 0.25) is 0 Å². The van der Waals surface area contributed by atoms with Crippen molar-refractivity contribution in [2.24, 2.45) is 0 Å². The second-order valence-electron chi connectivity index (χ2n) is 5.77. The number of anilines is 2. The number of carbonyl (C=O) groups is 1. The third-order valence-electron chi connectivity index (χ3n) is 4.27. The molecule has 1 fully saturated rings. The number of nitrogens with one attached hydrogen (secondary N) is 2. The highest BCUT2D eigenvalue weighted by Gasteiger charge is 2.26. The van der Waals surface area contributed by atoms with E-state index in [0.29, 0.717) is 6.04 Å². The van der Waals surface area contributed by atoms with E-state index in [4.69, 9.17) is 9.47 Å². The summed E-state index contributed by atoms with van der Waals surface area (Å²) in [5, 5.41) is 6.40. The molecule has 114 valence electrons. The van der Waals surface area contributed by atoms with E-state index in [9.17, 15) is 4.79 Å². The number of carbonyl (C=O) groups excluding carboxylic acids is 1. The Bertz CT molecular complexity index is 532. The summed E-state index contributed by atoms with van der Waals surface area (Å²) in [6, 6.07) is 6.14. The molecule has 21 heavy (non-hydrogen) atoms. The van der Waals surface area contributed by atoms with Gasteiger partial charge in [-0.2, -0.15) is 0 Å². The molecule has 1 amide bonds. The topological polar surface area (TPSA) is 59.6 Å². The lowest BCUT2D eigenvalue weighted by Crippen LogP contribution is -2.38. The Balaban J connectivity index is 1.75. The van der Waals surface area contributed by atoms with E-state index in [-0.39, 0.29) is 12.0 Å². The highest BCUT2D eigenvalue weighted by Crippen LogP contribution is 2.33. The zero-order valence-corrected chi connectivity index (χ0v) is 12.5. The van der Waals surface area contributed by atoms with Crippen LogP contribution in [0.2, 0.25) is 0 Å². The van der Waals surface area contributed by atoms with E-state index in [2.05, 4.69) is 10.6 Å². The lowest BCUT2D eigenvalue weighted by atomic mass is 9.92. The van der Waals surface area contributed by atoms with Gasteiger partial charge in [-0.05, 0) is 38.0 Å². The average Bonchev–Trinajstić information content (AvgIpc) is 2.49. The zero-order chi connectivity index (χ0) is 14.8. The predicted molar refractivity (Wildman–Crippen MR) is 81.8 cm³/mol. The van der Waals surface area contributed by atoms with Crippen LogP contribution in [0.25, 0.3) is 0 Å². The van der Waals surface area contributed by atoms with Crippen LogP contribution in [0.5, 0.6) is 5.75 Å². The van der Waals surface area contributed by atoms with Crippen LogP contribution in [-0.2, 0) is 9.53 Å². The number of rotatable bonds is 3. The number of benzene rings is 1. The Morgan fingerprint density at radius 3 is 2.95 bits per heavy atom. The molecule has 0 radical (unpaired) electrons. The van der Waals surface area contributed by atoms with Crippen molar-refractivity contribution in [2.45, 2.75) is 50.9 Å². The first-order valence-electron chi connectivity index (χ1n) is 7.58. The van der Waals surface area contributed by atoms with Crippen molar-refractivity contribution in [1.29, 1.82) is 0 Å². The molecule has 0 spiro atoms. The third-order valence-corrected chi connectivity index (χ3v) is 4.27. The number of amides is 1. The molecule has 1 aromatic rings. The maximum atomic E-state index is 11.7. The molecule has 1 saturated carbocycles. The zero-order valence-electron chi connectivity index (χ0n) is 12.5. The molecule has 2 N–H and O–H groups in total. The van der Waals surface area contributed by atoms with Gasteiger partial charge < -0.3 is 20.1 Å². The molecule has 1 heterocycles. The van der Waals surface area contributed by atoms with Crippen LogP contribution >= 0.6 is 0 Å². The normalized spacial score (nSPS) is 28.3. The van der Waals surface area contributed by atoms with Crippen LogP contribution in [0.15, 0.2) is 18.2 Å². The molecule has 2 aliphatic rings. The standard InChI is InChI=1S/C16H22N2O3/c1-10-16(19)18-13-9-11(7-8-15(13)21-10)17-12-5-3-4-6-14(12)20-2/h7-10,12,14,17H,3-6H2,1-2H3,(H,18,19). The Morgan fingerprint density at radius 1 is 1.33 bits per heavy atom. The number of hydrogen-bond donors (Lipinski definition) is 2. The number of fused-ring (bicyclic) bond motifs is 1. The van der Waals surface area contributed by atoms with Crippen LogP contribution in [0, 0.1) is 0 Å². The molecule has 5 heteroatoms. The summed E-state index contributed by atoms with van der Waals surface area (Å²) in [6.07, 6.45) is 4.46. The molecule has 5 nitrogen and oxygen atoms in total. The van der Waals surface area contributed by atoms with Gasteiger partial charge in [-0.15, -0.1) is 0 Å². The number of hydrogen-bond acceptors (Lipinski definition) is 4. The molecular weight excluding hydrogens is 268 g/mol. The van der Waals surface area contributed by atoms with E-state index in [1.165, 1.54) is 12.8 Å². The maximum absolute atomic E-state index is 11.7. The molecule has 1 aliphatic heterocycles. The van der Waals surface area contributed by atoms with Gasteiger partial charge in [0.15, 0.2) is 6.10 Å². The Morgan fingerprint density at radius 2 is 2.14 bits per heavy atom. The first kappa shape index (κ1) is 14.2. The summed E-state index contributed by atoms with van der Waals surface area (Å²) in [5.74, 6) is 0.617. The minimum absolute atomic E-state index is 0.105. The molecule has 1 aromatic carbocycles. The van der Waals surface area contributed by atoms with E-state index in [0.717, 1.165) is 30.0 Å². The Kier molecular flexibility index (Phi) is 4.01. The number of methoxy groups -OCH3 is 1. The average molecular weight is 290 g/mol. The predicted octanol–water partition coefficient (Wildman–Crippen LogP) is 2.78. The largest absolute Gasteiger partial charge is 0.479 e. The van der Waals surface area contributed by atoms with E-state index in [1.807, 2.05) is 18.2 Å². The van der Waals surface area contributed by atoms with Gasteiger partial charge in [0.1, 0.15) is 5.75 Å². The molecule has 0 bridgehead atoms. The van der Waals surface area contributed by atoms with Crippen LogP contribution in [-0.4, -0.2) is 31.3 Å². The van der Waals surface area contributed by atoms with Crippen molar-refractivity contribution in [1.82, 2.24) is 0 Å². The molecule has 0 aromatic heterocycles. The van der Waals surface area contributed by atoms with Crippen LogP contribution in [0.1, 0.15) is 32.6 Å². The van der Waals surface area contributed by atoms with Crippen molar-refractivity contribution in [2.75, 3.05) is 17.7 Å². The van der Waals surface area contributed by atoms with Crippen molar-refractivity contribution >= 4 is 17.3 Å². The summed E-state index contributed by atoms with van der Waals surface area (Å²) in [7, 11) is 1.77. The van der Waals surface area contributed by atoms with Crippen molar-refractivity contribution in [3.8, 4) is 5.75 Å². The van der Waals surface area contributed by atoms with Crippen LogP contribution in [0.3, 0.4) is 0 Å². The van der Waals surface area contributed by atoms with Gasteiger partial charge in [0, 0.05) is 12.8 Å². The minimum Gasteiger partial charge on any atom is -0.479 e. The summed E-state index contributed by atoms with van der Waals surface area (Å²) in [5.41, 5.74) is 1.72. The number of ether oxygens (including phenoxy) is 2. The molecule has 0 saturated heterocycles. The first-order valence-corrected chi connectivity index (χ1v) is 7.58. The summed E-state index contributed by atoms with van der Waals surface area (Å²) in [6.45, 7) is 1.75. The lowest BCUT2D eigenvalue weighted by molar-refractivity contribution is -0.122. The van der Waals surface area contributed by atoms with E-state index in [1.54, 1.807) is 14.0 Å². The van der Waals surface area contributed by atoms with E-state index < -0.39 is 6.10 Å². The molecule has 1 aliphatic carbocycles. The Hall–Kier alpha value is -1.75. The van der Waals surface area contributed by atoms with Gasteiger partial charge in [0.05, 0.1) is 17.8 Å². The van der Waals surface area contributed by atoms with Crippen LogP contribution in [0.4, 0.5) is 11.4 Å². The second-order valence-corrected chi connectivity index (χ2v) is 5.77. The fourth-order valence-corrected chi connectivity index (χ4v) is 3.06. The van der Waals surface area contributed by atoms with Crippen LogP contribution < -0.4 is 15.4 Å². The van der Waals surface area contributed by atoms with Gasteiger partial charge >= 0.3 is 0 Å². The molecule has 3 unspecified atom stereocenters. The molecule has 3 rings (SSSR count). The van der Waals surface area contributed by atoms with Crippen molar-refractivity contribution in [3.05, 3.63) is 18.2 Å². The third kappa shape index (κ3) is 2.97. The first-order chi connectivity index (χ1) is 10.2. The van der Waals surface area contributed by atoms with E-state index >= 15 is 0 Å². The minimum atomic E-state index is -0.437. The second kappa shape index (κ2) is 5.93. The summed E-state index contributed by atoms with van der Waals surface area (Å²) < 4.78 is 11.1. The highest BCUT2D eigenvalue weighted by molar-refractivity contribution is 5.98. The van der Waals surface area contributed by atoms with Crippen molar-refractivity contribution in [3.63, 3.8) is 0 Å². The fourth-order valence-electron chi connectivity index (χ4n) is 3.06. The Labute approximate surface area is 125 Å². The molecule has 3 atom stereocenters. The SMILES string of the molecule is COC1CCCCC1Nc1ccc2c(c1)NC(=O)C(C)O2. The highest BCUT2D eigenvalue weighted by atomic mass is 16.5. The smallest absolute Gasteiger partial charge is 0.265 e. The quantitative estimate of drug-likeness (QED) is 0.898. The van der Waals surface area contributed by atoms with Gasteiger partial charge in [-0.25, -0.2) is 0 Å². The van der Waals surface area contributed by atoms with Gasteiger partial charge in [-0.1, -0.05) is 12.8 Å². The lowest BCUT2D eigenvalue weighted by Gasteiger charge is -2.32. The summed E-state index contributed by atoms with van der Waals surface area (Å²) in [4.78, 5) is 11.7. The fraction of sp³-hybridized carbons (Fsp3) is 0.562. The van der Waals surface area contributed by atoms with Crippen molar-refractivity contribution < 1.29 is 14.3 Å². The van der Waals surface area contributed by atoms with Gasteiger partial charge in [-0.3, -0.25) is 4.79 Å². The molecular formula is C16H22N2O3. The maximum Gasteiger partial charge on any atom is 0.265 e. The summed E-state index contributed by atoms with van der Waals surface area (Å²) >= 11 is 0.